The number of benzene rings is 1. The van der Waals surface area contributed by atoms with Gasteiger partial charge in [0.1, 0.15) is 5.82 Å². The molecule has 1 saturated heterocycles. The Kier molecular flexibility index (Phi) is 3.58. The first-order valence-corrected chi connectivity index (χ1v) is 9.34. The fourth-order valence-electron chi connectivity index (χ4n) is 3.80. The molecule has 7 heteroatoms. The molecule has 3 heterocycles. The summed E-state index contributed by atoms with van der Waals surface area (Å²) in [5.74, 6) is -0.328. The van der Waals surface area contributed by atoms with E-state index in [-0.39, 0.29) is 22.3 Å². The van der Waals surface area contributed by atoms with Crippen molar-refractivity contribution in [1.29, 1.82) is 0 Å². The second kappa shape index (κ2) is 5.53. The average Bonchev–Trinajstić information content (AvgIpc) is 2.56. The van der Waals surface area contributed by atoms with Crippen molar-refractivity contribution >= 4 is 10.0 Å². The second-order valence-corrected chi connectivity index (χ2v) is 8.41. The standard InChI is InChI=1S/C17H17FN2O3S/c18-14-4-6-15(7-5-14)24(22,23)19-9-12-8-13(11-19)16-2-1-3-17(21)20(16)10-12/h1-7,12-13H,8-11H2/t12?,13-/m1/s1. The Morgan fingerprint density at radius 1 is 1.00 bits per heavy atom. The maximum atomic E-state index is 13.1. The molecule has 0 aliphatic carbocycles. The van der Waals surface area contributed by atoms with Gasteiger partial charge in [0.05, 0.1) is 4.90 Å². The number of sulfonamides is 1. The van der Waals surface area contributed by atoms with E-state index in [1.807, 2.05) is 6.07 Å². The highest BCUT2D eigenvalue weighted by Crippen LogP contribution is 2.37. The van der Waals surface area contributed by atoms with E-state index in [4.69, 9.17) is 0 Å². The van der Waals surface area contributed by atoms with E-state index in [1.54, 1.807) is 10.6 Å². The summed E-state index contributed by atoms with van der Waals surface area (Å²) in [6.07, 6.45) is 0.888. The Hall–Kier alpha value is -1.99. The molecule has 0 N–H and O–H groups in total. The highest BCUT2D eigenvalue weighted by Gasteiger charge is 2.39. The van der Waals surface area contributed by atoms with Crippen LogP contribution in [0.3, 0.4) is 0 Å². The van der Waals surface area contributed by atoms with Crippen molar-refractivity contribution < 1.29 is 12.8 Å². The highest BCUT2D eigenvalue weighted by atomic mass is 32.2. The summed E-state index contributed by atoms with van der Waals surface area (Å²) in [5, 5.41) is 0. The van der Waals surface area contributed by atoms with Crippen LogP contribution in [-0.2, 0) is 16.6 Å². The van der Waals surface area contributed by atoms with E-state index in [2.05, 4.69) is 0 Å². The van der Waals surface area contributed by atoms with Crippen molar-refractivity contribution in [1.82, 2.24) is 8.87 Å². The first kappa shape index (κ1) is 15.5. The van der Waals surface area contributed by atoms with E-state index in [1.165, 1.54) is 22.5 Å². The van der Waals surface area contributed by atoms with Crippen molar-refractivity contribution in [2.45, 2.75) is 23.8 Å². The van der Waals surface area contributed by atoms with E-state index < -0.39 is 15.8 Å². The molecule has 2 bridgehead atoms. The van der Waals surface area contributed by atoms with E-state index in [0.717, 1.165) is 24.2 Å². The van der Waals surface area contributed by atoms with Gasteiger partial charge in [0.15, 0.2) is 0 Å². The number of hydrogen-bond donors (Lipinski definition) is 0. The Labute approximate surface area is 139 Å². The van der Waals surface area contributed by atoms with Crippen molar-refractivity contribution in [2.24, 2.45) is 5.92 Å². The molecule has 1 aromatic heterocycles. The summed E-state index contributed by atoms with van der Waals surface area (Å²) in [4.78, 5) is 12.1. The lowest BCUT2D eigenvalue weighted by Crippen LogP contribution is -2.48. The zero-order valence-electron chi connectivity index (χ0n) is 12.9. The van der Waals surface area contributed by atoms with Gasteiger partial charge in [-0.15, -0.1) is 0 Å². The summed E-state index contributed by atoms with van der Waals surface area (Å²) >= 11 is 0. The molecule has 1 unspecified atom stereocenters. The number of piperidine rings is 1. The molecule has 0 saturated carbocycles. The van der Waals surface area contributed by atoms with Gasteiger partial charge in [-0.3, -0.25) is 4.79 Å². The lowest BCUT2D eigenvalue weighted by Gasteiger charge is -2.42. The van der Waals surface area contributed by atoms with Crippen LogP contribution in [-0.4, -0.2) is 30.4 Å². The van der Waals surface area contributed by atoms with Gasteiger partial charge in [0.2, 0.25) is 10.0 Å². The van der Waals surface area contributed by atoms with Crippen molar-refractivity contribution in [2.75, 3.05) is 13.1 Å². The average molecular weight is 348 g/mol. The van der Waals surface area contributed by atoms with Gasteiger partial charge >= 0.3 is 0 Å². The molecule has 2 atom stereocenters. The molecule has 2 aliphatic heterocycles. The monoisotopic (exact) mass is 348 g/mol. The van der Waals surface area contributed by atoms with Gasteiger partial charge in [-0.1, -0.05) is 6.07 Å². The number of pyridine rings is 1. The molecule has 1 fully saturated rings. The van der Waals surface area contributed by atoms with Crippen LogP contribution in [0.1, 0.15) is 18.0 Å². The van der Waals surface area contributed by atoms with Gasteiger partial charge in [-0.05, 0) is 42.7 Å². The lowest BCUT2D eigenvalue weighted by atomic mass is 9.84. The Balaban J connectivity index is 1.69. The molecule has 2 aromatic rings. The van der Waals surface area contributed by atoms with Crippen LogP contribution in [0.15, 0.2) is 52.2 Å². The van der Waals surface area contributed by atoms with Crippen LogP contribution in [0.2, 0.25) is 0 Å². The quantitative estimate of drug-likeness (QED) is 0.831. The summed E-state index contributed by atoms with van der Waals surface area (Å²) < 4.78 is 42.0. The van der Waals surface area contributed by atoms with Crippen LogP contribution >= 0.6 is 0 Å². The summed E-state index contributed by atoms with van der Waals surface area (Å²) in [5.41, 5.74) is 0.870. The van der Waals surface area contributed by atoms with Crippen LogP contribution in [0.25, 0.3) is 0 Å². The molecule has 1 aromatic carbocycles. The molecule has 0 radical (unpaired) electrons. The van der Waals surface area contributed by atoms with Gasteiger partial charge in [0, 0.05) is 37.3 Å². The largest absolute Gasteiger partial charge is 0.312 e. The summed E-state index contributed by atoms with van der Waals surface area (Å²) in [6.45, 7) is 1.28. The van der Waals surface area contributed by atoms with Gasteiger partial charge in [-0.25, -0.2) is 12.8 Å². The zero-order valence-corrected chi connectivity index (χ0v) is 13.7. The predicted octanol–water partition coefficient (Wildman–Crippen LogP) is 1.80. The minimum absolute atomic E-state index is 0.0154. The number of hydrogen-bond acceptors (Lipinski definition) is 3. The van der Waals surface area contributed by atoms with Crippen LogP contribution < -0.4 is 5.56 Å². The molecule has 0 spiro atoms. The predicted molar refractivity (Wildman–Crippen MR) is 86.7 cm³/mol. The highest BCUT2D eigenvalue weighted by molar-refractivity contribution is 7.89. The Morgan fingerprint density at radius 2 is 1.75 bits per heavy atom. The number of rotatable bonds is 2. The fourth-order valence-corrected chi connectivity index (χ4v) is 5.37. The molecular weight excluding hydrogens is 331 g/mol. The molecule has 0 amide bonds. The Bertz CT molecular complexity index is 937. The van der Waals surface area contributed by atoms with Gasteiger partial charge < -0.3 is 4.57 Å². The molecular formula is C17H17FN2O3S. The molecule has 5 nitrogen and oxygen atoms in total. The smallest absolute Gasteiger partial charge is 0.250 e. The number of nitrogens with zero attached hydrogens (tertiary/aromatic N) is 2. The number of fused-ring (bicyclic) bond motifs is 4. The van der Waals surface area contributed by atoms with Gasteiger partial charge in [-0.2, -0.15) is 4.31 Å². The third kappa shape index (κ3) is 2.48. The summed E-state index contributed by atoms with van der Waals surface area (Å²) in [7, 11) is -3.65. The SMILES string of the molecule is O=c1cccc2n1CC1C[C@@H]2CN(S(=O)(=O)c2ccc(F)cc2)C1. The molecule has 2 aliphatic rings. The topological polar surface area (TPSA) is 59.4 Å². The maximum absolute atomic E-state index is 13.1. The van der Waals surface area contributed by atoms with Crippen molar-refractivity contribution in [3.05, 3.63) is 64.3 Å². The number of aromatic nitrogens is 1. The van der Waals surface area contributed by atoms with Gasteiger partial charge in [0.25, 0.3) is 5.56 Å². The molecule has 24 heavy (non-hydrogen) atoms. The Morgan fingerprint density at radius 3 is 2.50 bits per heavy atom. The minimum atomic E-state index is -3.65. The second-order valence-electron chi connectivity index (χ2n) is 6.47. The summed E-state index contributed by atoms with van der Waals surface area (Å²) in [6, 6.07) is 10.1. The fraction of sp³-hybridized carbons (Fsp3) is 0.353. The molecule has 126 valence electrons. The van der Waals surface area contributed by atoms with Crippen molar-refractivity contribution in [3.8, 4) is 0 Å². The van der Waals surface area contributed by atoms with E-state index in [0.29, 0.717) is 19.6 Å². The lowest BCUT2D eigenvalue weighted by molar-refractivity contribution is 0.186. The molecule has 4 rings (SSSR count). The minimum Gasteiger partial charge on any atom is -0.312 e. The number of halogens is 1. The maximum Gasteiger partial charge on any atom is 0.250 e. The zero-order chi connectivity index (χ0) is 16.9. The van der Waals surface area contributed by atoms with Crippen LogP contribution in [0.4, 0.5) is 4.39 Å². The first-order valence-electron chi connectivity index (χ1n) is 7.90. The van der Waals surface area contributed by atoms with E-state index in [9.17, 15) is 17.6 Å². The van der Waals surface area contributed by atoms with Crippen LogP contribution in [0, 0.1) is 11.7 Å². The van der Waals surface area contributed by atoms with E-state index >= 15 is 0 Å². The normalized spacial score (nSPS) is 23.7. The first-order chi connectivity index (χ1) is 11.4. The third-order valence-corrected chi connectivity index (χ3v) is 6.74. The third-order valence-electron chi connectivity index (χ3n) is 4.90. The van der Waals surface area contributed by atoms with Crippen molar-refractivity contribution in [3.63, 3.8) is 0 Å². The van der Waals surface area contributed by atoms with Crippen LogP contribution in [0.5, 0.6) is 0 Å².